The Bertz CT molecular complexity index is 823. The average molecular weight is 346 g/mol. The third kappa shape index (κ3) is 3.45. The topological polar surface area (TPSA) is 112 Å². The molecule has 0 aliphatic carbocycles. The first kappa shape index (κ1) is 18.0. The van der Waals surface area contributed by atoms with Crippen molar-refractivity contribution in [2.24, 2.45) is 5.73 Å². The van der Waals surface area contributed by atoms with Crippen molar-refractivity contribution in [1.82, 2.24) is 0 Å². The summed E-state index contributed by atoms with van der Waals surface area (Å²) in [6, 6.07) is 7.44. The molecular weight excluding hydrogens is 331 g/mol. The van der Waals surface area contributed by atoms with Gasteiger partial charge in [-0.15, -0.1) is 0 Å². The van der Waals surface area contributed by atoms with Crippen molar-refractivity contribution in [3.05, 3.63) is 58.4 Å². The van der Waals surface area contributed by atoms with Crippen molar-refractivity contribution in [1.29, 1.82) is 5.26 Å². The first-order valence-electron chi connectivity index (χ1n) is 7.14. The molecule has 1 aliphatic rings. The number of benzene rings is 1. The summed E-state index contributed by atoms with van der Waals surface area (Å²) in [4.78, 5) is 23.9. The molecule has 0 radical (unpaired) electrons. The summed E-state index contributed by atoms with van der Waals surface area (Å²) in [5.41, 5.74) is 5.46. The van der Waals surface area contributed by atoms with E-state index in [-0.39, 0.29) is 28.4 Å². The number of carbonyl (C=O) groups is 2. The zero-order chi connectivity index (χ0) is 18.6. The molecule has 0 bridgehead atoms. The van der Waals surface area contributed by atoms with Gasteiger partial charge in [0.25, 0.3) is 0 Å². The molecular formula is C17H15FN2O5. The van der Waals surface area contributed by atoms with E-state index in [9.17, 15) is 19.2 Å². The maximum absolute atomic E-state index is 14.3. The maximum atomic E-state index is 14.3. The van der Waals surface area contributed by atoms with E-state index in [1.165, 1.54) is 18.2 Å². The summed E-state index contributed by atoms with van der Waals surface area (Å²) >= 11 is 0. The Morgan fingerprint density at radius 2 is 2.00 bits per heavy atom. The minimum Gasteiger partial charge on any atom is -0.469 e. The molecule has 1 aliphatic heterocycles. The molecule has 2 rings (SSSR count). The van der Waals surface area contributed by atoms with Crippen molar-refractivity contribution < 1.29 is 28.2 Å². The second kappa shape index (κ2) is 7.49. The third-order valence-corrected chi connectivity index (χ3v) is 3.65. The second-order valence-electron chi connectivity index (χ2n) is 5.03. The van der Waals surface area contributed by atoms with Crippen LogP contribution in [0.1, 0.15) is 17.9 Å². The molecule has 0 aromatic heterocycles. The number of halogens is 1. The number of rotatable bonds is 4. The van der Waals surface area contributed by atoms with Gasteiger partial charge in [-0.2, -0.15) is 5.26 Å². The predicted octanol–water partition coefficient (Wildman–Crippen LogP) is 1.62. The van der Waals surface area contributed by atoms with Gasteiger partial charge < -0.3 is 19.9 Å². The quantitative estimate of drug-likeness (QED) is 0.825. The van der Waals surface area contributed by atoms with E-state index in [1.807, 2.05) is 6.07 Å². The standard InChI is InChI=1S/C17H15FN2O5/c1-23-13(21)7-12-15(17(22)24-2)14(10(8-19)16(20)25-12)9-5-3-4-6-11(9)18/h3-6,14H,7,20H2,1-2H3/t14-/m1/s1. The molecule has 0 saturated heterocycles. The molecule has 0 amide bonds. The van der Waals surface area contributed by atoms with E-state index in [0.717, 1.165) is 14.2 Å². The molecule has 0 saturated carbocycles. The highest BCUT2D eigenvalue weighted by Gasteiger charge is 2.39. The van der Waals surface area contributed by atoms with Crippen LogP contribution in [0.25, 0.3) is 0 Å². The zero-order valence-corrected chi connectivity index (χ0v) is 13.5. The molecule has 130 valence electrons. The maximum Gasteiger partial charge on any atom is 0.338 e. The normalized spacial score (nSPS) is 16.8. The largest absolute Gasteiger partial charge is 0.469 e. The lowest BCUT2D eigenvalue weighted by atomic mass is 9.82. The molecule has 7 nitrogen and oxygen atoms in total. The highest BCUT2D eigenvalue weighted by atomic mass is 19.1. The van der Waals surface area contributed by atoms with Crippen LogP contribution in [0.4, 0.5) is 4.39 Å². The van der Waals surface area contributed by atoms with Crippen LogP contribution in [0.5, 0.6) is 0 Å². The molecule has 0 spiro atoms. The number of ether oxygens (including phenoxy) is 3. The van der Waals surface area contributed by atoms with Crippen LogP contribution in [0.2, 0.25) is 0 Å². The molecule has 1 heterocycles. The number of nitriles is 1. The Hall–Kier alpha value is -3.34. The summed E-state index contributed by atoms with van der Waals surface area (Å²) in [6.45, 7) is 0. The van der Waals surface area contributed by atoms with Gasteiger partial charge in [-0.25, -0.2) is 9.18 Å². The van der Waals surface area contributed by atoms with Crippen molar-refractivity contribution >= 4 is 11.9 Å². The molecule has 25 heavy (non-hydrogen) atoms. The number of hydrogen-bond donors (Lipinski definition) is 1. The summed E-state index contributed by atoms with van der Waals surface area (Å²) in [5.74, 6) is -3.84. The minimum atomic E-state index is -1.16. The van der Waals surface area contributed by atoms with Crippen molar-refractivity contribution in [2.75, 3.05) is 14.2 Å². The van der Waals surface area contributed by atoms with E-state index >= 15 is 0 Å². The molecule has 8 heteroatoms. The van der Waals surface area contributed by atoms with Crippen LogP contribution < -0.4 is 5.73 Å². The fourth-order valence-electron chi connectivity index (χ4n) is 2.51. The van der Waals surface area contributed by atoms with E-state index in [2.05, 4.69) is 4.74 Å². The van der Waals surface area contributed by atoms with Gasteiger partial charge in [-0.1, -0.05) is 18.2 Å². The van der Waals surface area contributed by atoms with Crippen LogP contribution >= 0.6 is 0 Å². The number of allylic oxidation sites excluding steroid dienone is 1. The van der Waals surface area contributed by atoms with E-state index in [0.29, 0.717) is 0 Å². The molecule has 1 aromatic carbocycles. The second-order valence-corrected chi connectivity index (χ2v) is 5.03. The Labute approximate surface area is 143 Å². The lowest BCUT2D eigenvalue weighted by Crippen LogP contribution is -2.27. The Balaban J connectivity index is 2.72. The first-order chi connectivity index (χ1) is 11.9. The SMILES string of the molecule is COC(=O)CC1=C(C(=O)OC)[C@H](c2ccccc2F)C(C#N)=C(N)O1. The fraction of sp³-hybridized carbons (Fsp3) is 0.235. The van der Waals surface area contributed by atoms with Crippen LogP contribution in [0.15, 0.2) is 47.1 Å². The van der Waals surface area contributed by atoms with Crippen molar-refractivity contribution in [3.63, 3.8) is 0 Å². The van der Waals surface area contributed by atoms with Gasteiger partial charge in [-0.3, -0.25) is 4.79 Å². The number of methoxy groups -OCH3 is 2. The van der Waals surface area contributed by atoms with Crippen molar-refractivity contribution in [3.8, 4) is 6.07 Å². The van der Waals surface area contributed by atoms with Gasteiger partial charge in [0.2, 0.25) is 5.88 Å². The number of carbonyl (C=O) groups excluding carboxylic acids is 2. The van der Waals surface area contributed by atoms with Crippen LogP contribution in [-0.2, 0) is 23.8 Å². The smallest absolute Gasteiger partial charge is 0.338 e. The number of nitrogens with zero attached hydrogens (tertiary/aromatic N) is 1. The van der Waals surface area contributed by atoms with Gasteiger partial charge in [0.05, 0.1) is 25.7 Å². The lowest BCUT2D eigenvalue weighted by Gasteiger charge is -2.27. The fourth-order valence-corrected chi connectivity index (χ4v) is 2.51. The van der Waals surface area contributed by atoms with E-state index in [4.69, 9.17) is 15.2 Å². The van der Waals surface area contributed by atoms with Gasteiger partial charge in [0.15, 0.2) is 0 Å². The van der Waals surface area contributed by atoms with Gasteiger partial charge in [-0.05, 0) is 6.07 Å². The highest BCUT2D eigenvalue weighted by Crippen LogP contribution is 2.41. The summed E-state index contributed by atoms with van der Waals surface area (Å²) in [6.07, 6.45) is -0.425. The first-order valence-corrected chi connectivity index (χ1v) is 7.14. The number of esters is 2. The summed E-state index contributed by atoms with van der Waals surface area (Å²) in [5, 5.41) is 9.41. The summed E-state index contributed by atoms with van der Waals surface area (Å²) < 4.78 is 28.9. The van der Waals surface area contributed by atoms with Crippen molar-refractivity contribution in [2.45, 2.75) is 12.3 Å². The molecule has 1 atom stereocenters. The van der Waals surface area contributed by atoms with Gasteiger partial charge in [0.1, 0.15) is 29.6 Å². The Morgan fingerprint density at radius 1 is 1.32 bits per heavy atom. The van der Waals surface area contributed by atoms with Gasteiger partial charge in [0, 0.05) is 5.56 Å². The minimum absolute atomic E-state index is 0.0352. The summed E-state index contributed by atoms with van der Waals surface area (Å²) in [7, 11) is 2.29. The molecule has 2 N–H and O–H groups in total. The van der Waals surface area contributed by atoms with Gasteiger partial charge >= 0.3 is 11.9 Å². The monoisotopic (exact) mass is 346 g/mol. The van der Waals surface area contributed by atoms with Crippen LogP contribution in [-0.4, -0.2) is 26.2 Å². The van der Waals surface area contributed by atoms with Crippen LogP contribution in [0.3, 0.4) is 0 Å². The number of nitrogens with two attached hydrogens (primary N) is 1. The third-order valence-electron chi connectivity index (χ3n) is 3.65. The molecule has 0 fully saturated rings. The zero-order valence-electron chi connectivity index (χ0n) is 13.5. The number of hydrogen-bond acceptors (Lipinski definition) is 7. The average Bonchev–Trinajstić information content (AvgIpc) is 2.61. The molecule has 1 aromatic rings. The Morgan fingerprint density at radius 3 is 2.56 bits per heavy atom. The van der Waals surface area contributed by atoms with E-state index in [1.54, 1.807) is 6.07 Å². The lowest BCUT2D eigenvalue weighted by molar-refractivity contribution is -0.140. The Kier molecular flexibility index (Phi) is 5.39. The van der Waals surface area contributed by atoms with Crippen LogP contribution in [0, 0.1) is 17.1 Å². The predicted molar refractivity (Wildman–Crippen MR) is 82.7 cm³/mol. The molecule has 0 unspecified atom stereocenters. The highest BCUT2D eigenvalue weighted by molar-refractivity contribution is 5.93. The van der Waals surface area contributed by atoms with E-state index < -0.39 is 30.1 Å².